The van der Waals surface area contributed by atoms with Crippen LogP contribution in [0.15, 0.2) is 59.7 Å². The van der Waals surface area contributed by atoms with Crippen molar-refractivity contribution in [3.63, 3.8) is 0 Å². The van der Waals surface area contributed by atoms with Crippen LogP contribution in [0, 0.1) is 0 Å². The molecule has 1 aromatic heterocycles. The van der Waals surface area contributed by atoms with Gasteiger partial charge in [0.25, 0.3) is 5.91 Å². The number of hydrazone groups is 1. The third kappa shape index (κ3) is 4.79. The Morgan fingerprint density at radius 2 is 1.50 bits per heavy atom. The molecule has 3 aromatic rings. The number of nitrogens with one attached hydrogen (secondary N) is 1. The molecule has 0 aliphatic carbocycles. The number of ether oxygens (including phenoxy) is 3. The van der Waals surface area contributed by atoms with Crippen molar-refractivity contribution in [3.05, 3.63) is 65.7 Å². The summed E-state index contributed by atoms with van der Waals surface area (Å²) in [6.45, 7) is 0. The van der Waals surface area contributed by atoms with Crippen molar-refractivity contribution in [2.45, 2.75) is 0 Å². The van der Waals surface area contributed by atoms with E-state index in [-0.39, 0.29) is 23.9 Å². The number of carbonyl (C=O) groups excluding carboxylic acids is 1. The largest absolute Gasteiger partial charge is 0.467 e. The van der Waals surface area contributed by atoms with Gasteiger partial charge in [0.2, 0.25) is 0 Å². The predicted octanol–water partition coefficient (Wildman–Crippen LogP) is 2.45. The van der Waals surface area contributed by atoms with Gasteiger partial charge in [-0.1, -0.05) is 30.3 Å². The Hall–Kier alpha value is -4.01. The normalized spacial score (nSPS) is 10.5. The van der Waals surface area contributed by atoms with E-state index in [0.29, 0.717) is 16.9 Å². The minimum Gasteiger partial charge on any atom is -0.467 e. The van der Waals surface area contributed by atoms with E-state index in [9.17, 15) is 4.79 Å². The van der Waals surface area contributed by atoms with Gasteiger partial charge in [0.15, 0.2) is 0 Å². The molecule has 142 valence electrons. The maximum atomic E-state index is 12.0. The van der Waals surface area contributed by atoms with Gasteiger partial charge in [-0.05, 0) is 24.3 Å². The van der Waals surface area contributed by atoms with Crippen LogP contribution in [0.25, 0.3) is 0 Å². The molecule has 0 saturated heterocycles. The first-order chi connectivity index (χ1) is 13.7. The second kappa shape index (κ2) is 9.08. The molecule has 0 aliphatic heterocycles. The van der Waals surface area contributed by atoms with E-state index in [4.69, 9.17) is 14.2 Å². The Morgan fingerprint density at radius 1 is 0.893 bits per heavy atom. The second-order valence-corrected chi connectivity index (χ2v) is 5.30. The maximum Gasteiger partial charge on any atom is 0.331 e. The number of rotatable bonds is 7. The Bertz CT molecular complexity index is 957. The van der Waals surface area contributed by atoms with Crippen LogP contribution >= 0.6 is 0 Å². The number of carbonyl (C=O) groups is 1. The van der Waals surface area contributed by atoms with E-state index in [1.165, 1.54) is 20.4 Å². The maximum absolute atomic E-state index is 12.0. The van der Waals surface area contributed by atoms with Crippen molar-refractivity contribution >= 4 is 12.1 Å². The molecule has 0 aliphatic rings. The molecule has 28 heavy (non-hydrogen) atoms. The summed E-state index contributed by atoms with van der Waals surface area (Å²) in [5, 5.41) is 3.98. The van der Waals surface area contributed by atoms with E-state index in [1.54, 1.807) is 42.5 Å². The number of benzene rings is 2. The number of methoxy groups -OCH3 is 2. The van der Waals surface area contributed by atoms with Crippen LogP contribution in [0.1, 0.15) is 15.9 Å². The van der Waals surface area contributed by atoms with Gasteiger partial charge >= 0.3 is 18.0 Å². The zero-order valence-electron chi connectivity index (χ0n) is 15.2. The Labute approximate surface area is 161 Å². The molecule has 0 saturated carbocycles. The number of para-hydroxylation sites is 1. The van der Waals surface area contributed by atoms with Crippen LogP contribution in [0.5, 0.6) is 23.8 Å². The number of amides is 1. The summed E-state index contributed by atoms with van der Waals surface area (Å²) in [4.78, 5) is 24.0. The summed E-state index contributed by atoms with van der Waals surface area (Å²) in [5.74, 6) is 0.109. The minimum absolute atomic E-state index is 0.00197. The number of aromatic nitrogens is 3. The molecule has 0 fully saturated rings. The van der Waals surface area contributed by atoms with Crippen molar-refractivity contribution in [2.24, 2.45) is 5.10 Å². The van der Waals surface area contributed by atoms with Gasteiger partial charge in [-0.25, -0.2) is 5.43 Å². The van der Waals surface area contributed by atoms with Gasteiger partial charge in [-0.2, -0.15) is 5.10 Å². The molecule has 0 atom stereocenters. The predicted molar refractivity (Wildman–Crippen MR) is 101 cm³/mol. The lowest BCUT2D eigenvalue weighted by atomic mass is 10.2. The number of hydrogen-bond donors (Lipinski definition) is 1. The van der Waals surface area contributed by atoms with Crippen LogP contribution < -0.4 is 19.6 Å². The van der Waals surface area contributed by atoms with Crippen LogP contribution in [0.2, 0.25) is 0 Å². The Balaban J connectivity index is 1.75. The molecular formula is C19H17N5O4. The third-order valence-corrected chi connectivity index (χ3v) is 3.46. The number of hydrogen-bond acceptors (Lipinski definition) is 8. The fourth-order valence-electron chi connectivity index (χ4n) is 2.14. The highest BCUT2D eigenvalue weighted by molar-refractivity contribution is 5.95. The monoisotopic (exact) mass is 379 g/mol. The van der Waals surface area contributed by atoms with Gasteiger partial charge in [0.1, 0.15) is 5.75 Å². The first-order valence-electron chi connectivity index (χ1n) is 8.19. The molecule has 1 heterocycles. The van der Waals surface area contributed by atoms with Crippen LogP contribution in [-0.2, 0) is 0 Å². The first-order valence-corrected chi connectivity index (χ1v) is 8.19. The SMILES string of the molecule is COc1nc(OC)nc(Oc2ccccc2/C=N/NC(=O)c2ccccc2)n1. The topological polar surface area (TPSA) is 108 Å². The standard InChI is InChI=1S/C19H17N5O4/c1-26-17-21-18(27-2)23-19(22-17)28-15-11-7-6-10-14(15)12-20-24-16(25)13-8-4-3-5-9-13/h3-12H,1-2H3,(H,24,25)/b20-12+. The molecule has 2 aromatic carbocycles. The fraction of sp³-hybridized carbons (Fsp3) is 0.105. The van der Waals surface area contributed by atoms with Gasteiger partial charge in [0, 0.05) is 11.1 Å². The van der Waals surface area contributed by atoms with E-state index < -0.39 is 0 Å². The van der Waals surface area contributed by atoms with Gasteiger partial charge < -0.3 is 14.2 Å². The molecule has 9 heteroatoms. The lowest BCUT2D eigenvalue weighted by Gasteiger charge is -2.08. The zero-order valence-corrected chi connectivity index (χ0v) is 15.2. The molecule has 0 bridgehead atoms. The first kappa shape index (κ1) is 18.8. The van der Waals surface area contributed by atoms with Gasteiger partial charge in [-0.3, -0.25) is 4.79 Å². The van der Waals surface area contributed by atoms with Crippen molar-refractivity contribution in [1.82, 2.24) is 20.4 Å². The van der Waals surface area contributed by atoms with E-state index in [0.717, 1.165) is 0 Å². The van der Waals surface area contributed by atoms with Crippen molar-refractivity contribution in [2.75, 3.05) is 14.2 Å². The lowest BCUT2D eigenvalue weighted by molar-refractivity contribution is 0.0955. The Kier molecular flexibility index (Phi) is 6.09. The molecule has 0 radical (unpaired) electrons. The summed E-state index contributed by atoms with van der Waals surface area (Å²) in [7, 11) is 2.85. The molecule has 0 unspecified atom stereocenters. The van der Waals surface area contributed by atoms with Crippen LogP contribution in [-0.4, -0.2) is 41.3 Å². The summed E-state index contributed by atoms with van der Waals surface area (Å²) in [5.41, 5.74) is 3.58. The highest BCUT2D eigenvalue weighted by atomic mass is 16.5. The molecule has 1 amide bonds. The Morgan fingerprint density at radius 3 is 2.18 bits per heavy atom. The summed E-state index contributed by atoms with van der Waals surface area (Å²) in [6.07, 6.45) is 1.46. The molecule has 0 spiro atoms. The fourth-order valence-corrected chi connectivity index (χ4v) is 2.14. The quantitative estimate of drug-likeness (QED) is 0.496. The van der Waals surface area contributed by atoms with Crippen molar-refractivity contribution in [3.8, 4) is 23.8 Å². The summed E-state index contributed by atoms with van der Waals surface area (Å²) in [6, 6.07) is 16.0. The highest BCUT2D eigenvalue weighted by Crippen LogP contribution is 2.23. The minimum atomic E-state index is -0.317. The lowest BCUT2D eigenvalue weighted by Crippen LogP contribution is -2.17. The summed E-state index contributed by atoms with van der Waals surface area (Å²) < 4.78 is 15.7. The highest BCUT2D eigenvalue weighted by Gasteiger charge is 2.11. The zero-order chi connectivity index (χ0) is 19.8. The summed E-state index contributed by atoms with van der Waals surface area (Å²) >= 11 is 0. The van der Waals surface area contributed by atoms with E-state index >= 15 is 0 Å². The van der Waals surface area contributed by atoms with Gasteiger partial charge in [-0.15, -0.1) is 15.0 Å². The smallest absolute Gasteiger partial charge is 0.331 e. The van der Waals surface area contributed by atoms with Gasteiger partial charge in [0.05, 0.1) is 20.4 Å². The van der Waals surface area contributed by atoms with E-state index in [1.807, 2.05) is 12.1 Å². The molecule has 9 nitrogen and oxygen atoms in total. The second-order valence-electron chi connectivity index (χ2n) is 5.30. The van der Waals surface area contributed by atoms with Crippen LogP contribution in [0.3, 0.4) is 0 Å². The van der Waals surface area contributed by atoms with Crippen LogP contribution in [0.4, 0.5) is 0 Å². The molecule has 3 rings (SSSR count). The van der Waals surface area contributed by atoms with Crippen molar-refractivity contribution < 1.29 is 19.0 Å². The average Bonchev–Trinajstić information content (AvgIpc) is 2.75. The number of nitrogens with zero attached hydrogens (tertiary/aromatic N) is 4. The molecular weight excluding hydrogens is 362 g/mol. The average molecular weight is 379 g/mol. The molecule has 1 N–H and O–H groups in total. The van der Waals surface area contributed by atoms with E-state index in [2.05, 4.69) is 25.5 Å². The third-order valence-electron chi connectivity index (χ3n) is 3.46. The van der Waals surface area contributed by atoms with Crippen molar-refractivity contribution in [1.29, 1.82) is 0 Å².